The molecule has 0 aliphatic rings. The molecule has 3 rings (SSSR count). The maximum Gasteiger partial charge on any atom is 0.176 e. The molecule has 0 saturated heterocycles. The third kappa shape index (κ3) is 4.36. The van der Waals surface area contributed by atoms with Crippen LogP contribution < -0.4 is 10.1 Å². The van der Waals surface area contributed by atoms with Crippen LogP contribution in [-0.4, -0.2) is 28.7 Å². The highest BCUT2D eigenvalue weighted by Crippen LogP contribution is 2.26. The second-order valence-electron chi connectivity index (χ2n) is 5.25. The van der Waals surface area contributed by atoms with Gasteiger partial charge in [-0.2, -0.15) is 5.10 Å². The number of rotatable bonds is 4. The molecule has 0 radical (unpaired) electrons. The molecule has 0 spiro atoms. The Morgan fingerprint density at radius 3 is 2.85 bits per heavy atom. The second kappa shape index (κ2) is 8.25. The summed E-state index contributed by atoms with van der Waals surface area (Å²) in [4.78, 5) is 4.47. The van der Waals surface area contributed by atoms with Gasteiger partial charge in [-0.05, 0) is 36.6 Å². The van der Waals surface area contributed by atoms with Crippen LogP contribution in [0.1, 0.15) is 0 Å². The minimum absolute atomic E-state index is 0.0514. The fourth-order valence-corrected chi connectivity index (χ4v) is 2.82. The molecule has 0 atom stereocenters. The Hall–Kier alpha value is -2.51. The third-order valence-electron chi connectivity index (χ3n) is 3.53. The van der Waals surface area contributed by atoms with Gasteiger partial charge in [0, 0.05) is 17.3 Å². The van der Waals surface area contributed by atoms with Crippen LogP contribution in [-0.2, 0) is 0 Å². The highest BCUT2D eigenvalue weighted by atomic mass is 35.5. The van der Waals surface area contributed by atoms with E-state index in [0.717, 1.165) is 17.0 Å². The molecule has 3 aromatic rings. The van der Waals surface area contributed by atoms with Crippen molar-refractivity contribution in [2.45, 2.75) is 0 Å². The summed E-state index contributed by atoms with van der Waals surface area (Å²) in [6.45, 7) is 0. The Morgan fingerprint density at radius 2 is 2.12 bits per heavy atom. The van der Waals surface area contributed by atoms with Gasteiger partial charge in [0.05, 0.1) is 17.8 Å². The average molecular weight is 391 g/mol. The van der Waals surface area contributed by atoms with E-state index in [9.17, 15) is 4.39 Å². The Morgan fingerprint density at radius 1 is 1.27 bits per heavy atom. The van der Waals surface area contributed by atoms with Gasteiger partial charge in [-0.1, -0.05) is 35.5 Å². The van der Waals surface area contributed by atoms with Gasteiger partial charge in [0.2, 0.25) is 0 Å². The number of hydrogen-bond donors (Lipinski definition) is 2. The second-order valence-corrected chi connectivity index (χ2v) is 6.45. The van der Waals surface area contributed by atoms with Crippen molar-refractivity contribution in [3.05, 3.63) is 59.4 Å². The normalized spacial score (nSPS) is 11.5. The molecular weight excluding hydrogens is 375 g/mol. The number of anilines is 1. The van der Waals surface area contributed by atoms with E-state index >= 15 is 0 Å². The van der Waals surface area contributed by atoms with Gasteiger partial charge in [0.1, 0.15) is 11.6 Å². The maximum absolute atomic E-state index is 13.3. The molecule has 2 aromatic carbocycles. The number of methoxy groups -OCH3 is 1. The van der Waals surface area contributed by atoms with Crippen LogP contribution in [0.3, 0.4) is 0 Å². The molecule has 0 aliphatic carbocycles. The number of thioether (sulfide) groups is 1. The third-order valence-corrected chi connectivity index (χ3v) is 4.40. The van der Waals surface area contributed by atoms with E-state index in [0.29, 0.717) is 16.7 Å². The van der Waals surface area contributed by atoms with Gasteiger partial charge < -0.3 is 10.1 Å². The lowest BCUT2D eigenvalue weighted by Gasteiger charge is -2.07. The van der Waals surface area contributed by atoms with E-state index in [1.807, 2.05) is 36.6 Å². The number of nitrogens with zero attached hydrogens (tertiary/aromatic N) is 2. The zero-order valence-corrected chi connectivity index (χ0v) is 15.7. The first-order chi connectivity index (χ1) is 12.6. The number of nitrogens with one attached hydrogen (secondary N) is 2. The van der Waals surface area contributed by atoms with E-state index < -0.39 is 5.82 Å². The van der Waals surface area contributed by atoms with Crippen molar-refractivity contribution in [3.8, 4) is 17.0 Å². The molecule has 0 bridgehead atoms. The van der Waals surface area contributed by atoms with Crippen molar-refractivity contribution in [3.63, 3.8) is 0 Å². The van der Waals surface area contributed by atoms with Crippen molar-refractivity contribution < 1.29 is 9.13 Å². The van der Waals surface area contributed by atoms with Gasteiger partial charge >= 0.3 is 0 Å². The first-order valence-corrected chi connectivity index (χ1v) is 9.24. The minimum atomic E-state index is -0.463. The standard InChI is InChI=1S/C18H16ClFN4OS/c1-25-13-5-3-4-11(8-13)16-10-17(24-23-16)22-18(26-2)21-12-6-7-15(20)14(19)9-12/h3-10H,1-2H3,(H2,21,22,23,24). The lowest BCUT2D eigenvalue weighted by molar-refractivity contribution is 0.415. The first-order valence-electron chi connectivity index (χ1n) is 7.63. The number of H-pyrrole nitrogens is 1. The fraction of sp³-hybridized carbons (Fsp3) is 0.111. The van der Waals surface area contributed by atoms with Crippen molar-refractivity contribution in [1.82, 2.24) is 10.2 Å². The summed E-state index contributed by atoms with van der Waals surface area (Å²) < 4.78 is 18.5. The molecule has 8 heteroatoms. The molecule has 0 unspecified atom stereocenters. The minimum Gasteiger partial charge on any atom is -0.497 e. The summed E-state index contributed by atoms with van der Waals surface area (Å²) in [5, 5.41) is 10.9. The van der Waals surface area contributed by atoms with Crippen LogP contribution in [0.15, 0.2) is 53.5 Å². The van der Waals surface area contributed by atoms with Crippen molar-refractivity contribution in [2.24, 2.45) is 4.99 Å². The predicted molar refractivity (Wildman–Crippen MR) is 106 cm³/mol. The molecule has 0 aliphatic heterocycles. The topological polar surface area (TPSA) is 62.3 Å². The molecule has 1 aromatic heterocycles. The number of benzene rings is 2. The molecule has 5 nitrogen and oxygen atoms in total. The van der Waals surface area contributed by atoms with Gasteiger partial charge in [0.15, 0.2) is 11.0 Å². The zero-order valence-electron chi connectivity index (χ0n) is 14.1. The number of ether oxygens (including phenoxy) is 1. The summed E-state index contributed by atoms with van der Waals surface area (Å²) in [6, 6.07) is 13.9. The Balaban J connectivity index is 1.81. The van der Waals surface area contributed by atoms with Crippen LogP contribution in [0, 0.1) is 5.82 Å². The van der Waals surface area contributed by atoms with Crippen LogP contribution in [0.5, 0.6) is 5.75 Å². The molecule has 134 valence electrons. The van der Waals surface area contributed by atoms with Crippen molar-refractivity contribution >= 4 is 40.0 Å². The van der Waals surface area contributed by atoms with Crippen LogP contribution in [0.2, 0.25) is 5.02 Å². The number of amidine groups is 1. The first kappa shape index (κ1) is 18.3. The summed E-state index contributed by atoms with van der Waals surface area (Å²) in [5.74, 6) is 0.824. The van der Waals surface area contributed by atoms with E-state index in [-0.39, 0.29) is 5.02 Å². The number of aromatic amines is 1. The largest absolute Gasteiger partial charge is 0.497 e. The molecule has 2 N–H and O–H groups in total. The summed E-state index contributed by atoms with van der Waals surface area (Å²) in [5.41, 5.74) is 2.42. The molecular formula is C18H16ClFN4OS. The van der Waals surface area contributed by atoms with E-state index in [2.05, 4.69) is 20.5 Å². The van der Waals surface area contributed by atoms with Gasteiger partial charge in [0.25, 0.3) is 0 Å². The molecule has 0 saturated carbocycles. The summed E-state index contributed by atoms with van der Waals surface area (Å²) in [6.07, 6.45) is 1.88. The Labute approximate surface area is 159 Å². The lowest BCUT2D eigenvalue weighted by atomic mass is 10.1. The fourth-order valence-electron chi connectivity index (χ4n) is 2.23. The highest BCUT2D eigenvalue weighted by molar-refractivity contribution is 8.13. The molecule has 26 heavy (non-hydrogen) atoms. The molecule has 0 fully saturated rings. The van der Waals surface area contributed by atoms with Gasteiger partial charge in [-0.3, -0.25) is 5.10 Å². The van der Waals surface area contributed by atoms with E-state index in [4.69, 9.17) is 16.3 Å². The van der Waals surface area contributed by atoms with E-state index in [1.165, 1.54) is 23.9 Å². The van der Waals surface area contributed by atoms with Gasteiger partial charge in [-0.25, -0.2) is 9.38 Å². The summed E-state index contributed by atoms with van der Waals surface area (Å²) in [7, 11) is 1.62. The predicted octanol–water partition coefficient (Wildman–Crippen LogP) is 5.34. The smallest absolute Gasteiger partial charge is 0.176 e. The Kier molecular flexibility index (Phi) is 5.80. The quantitative estimate of drug-likeness (QED) is 0.466. The Bertz CT molecular complexity index is 944. The van der Waals surface area contributed by atoms with Crippen LogP contribution >= 0.6 is 23.4 Å². The number of halogens is 2. The zero-order chi connectivity index (χ0) is 18.5. The maximum atomic E-state index is 13.3. The summed E-state index contributed by atoms with van der Waals surface area (Å²) >= 11 is 7.22. The van der Waals surface area contributed by atoms with Gasteiger partial charge in [-0.15, -0.1) is 0 Å². The molecule has 1 heterocycles. The van der Waals surface area contributed by atoms with Crippen LogP contribution in [0.4, 0.5) is 15.9 Å². The highest BCUT2D eigenvalue weighted by Gasteiger charge is 2.07. The van der Waals surface area contributed by atoms with Crippen molar-refractivity contribution in [2.75, 3.05) is 18.7 Å². The monoisotopic (exact) mass is 390 g/mol. The molecule has 0 amide bonds. The van der Waals surface area contributed by atoms with E-state index in [1.54, 1.807) is 13.2 Å². The number of hydrogen-bond acceptors (Lipinski definition) is 4. The van der Waals surface area contributed by atoms with Crippen LogP contribution in [0.25, 0.3) is 11.3 Å². The SMILES string of the molecule is COc1cccc(-c2cc(N=C(Nc3ccc(F)c(Cl)c3)SC)n[nH]2)c1. The lowest BCUT2D eigenvalue weighted by Crippen LogP contribution is -2.06. The number of aliphatic imine (C=N–C) groups is 1. The number of aromatic nitrogens is 2. The average Bonchev–Trinajstić information content (AvgIpc) is 3.13. The van der Waals surface area contributed by atoms with Crippen molar-refractivity contribution in [1.29, 1.82) is 0 Å².